The summed E-state index contributed by atoms with van der Waals surface area (Å²) in [5.41, 5.74) is 1.82. The van der Waals surface area contributed by atoms with Gasteiger partial charge in [-0.25, -0.2) is 0 Å². The molecule has 0 aliphatic heterocycles. The summed E-state index contributed by atoms with van der Waals surface area (Å²) >= 11 is 0. The van der Waals surface area contributed by atoms with Crippen molar-refractivity contribution in [3.05, 3.63) is 65.7 Å². The van der Waals surface area contributed by atoms with Crippen molar-refractivity contribution in [3.63, 3.8) is 0 Å². The summed E-state index contributed by atoms with van der Waals surface area (Å²) in [6, 6.07) is 16.9. The number of hydrogen-bond donors (Lipinski definition) is 2. The van der Waals surface area contributed by atoms with Gasteiger partial charge in [0.2, 0.25) is 0 Å². The van der Waals surface area contributed by atoms with Crippen LogP contribution in [0.25, 0.3) is 38.4 Å². The first-order valence-electron chi connectivity index (χ1n) is 7.49. The first-order valence-corrected chi connectivity index (χ1v) is 7.49. The van der Waals surface area contributed by atoms with Crippen LogP contribution < -0.4 is 0 Å². The van der Waals surface area contributed by atoms with Crippen molar-refractivity contribution in [2.75, 3.05) is 0 Å². The molecule has 2 unspecified atom stereocenters. The normalized spacial score (nSPS) is 21.0. The number of rotatable bonds is 0. The summed E-state index contributed by atoms with van der Waals surface area (Å²) in [6.45, 7) is 0. The molecule has 0 saturated heterocycles. The van der Waals surface area contributed by atoms with E-state index in [9.17, 15) is 10.2 Å². The molecule has 0 saturated carbocycles. The fourth-order valence-corrected chi connectivity index (χ4v) is 3.80. The van der Waals surface area contributed by atoms with Crippen molar-refractivity contribution in [3.8, 4) is 0 Å². The zero-order valence-electron chi connectivity index (χ0n) is 11.8. The van der Waals surface area contributed by atoms with Gasteiger partial charge in [-0.15, -0.1) is 0 Å². The van der Waals surface area contributed by atoms with Crippen LogP contribution in [0.4, 0.5) is 0 Å². The fourth-order valence-electron chi connectivity index (χ4n) is 3.80. The molecule has 2 heteroatoms. The zero-order valence-corrected chi connectivity index (χ0v) is 11.8. The Morgan fingerprint density at radius 1 is 0.773 bits per heavy atom. The number of hydrogen-bond acceptors (Lipinski definition) is 2. The number of aliphatic hydroxyl groups is 2. The molecule has 4 aromatic rings. The predicted molar refractivity (Wildman–Crippen MR) is 90.1 cm³/mol. The largest absolute Gasteiger partial charge is 0.386 e. The average Bonchev–Trinajstić information content (AvgIpc) is 2.55. The quantitative estimate of drug-likeness (QED) is 0.480. The molecule has 0 spiro atoms. The molecule has 0 fully saturated rings. The highest BCUT2D eigenvalue weighted by molar-refractivity contribution is 6.24. The lowest BCUT2D eigenvalue weighted by molar-refractivity contribution is 0.0480. The molecule has 0 amide bonds. The van der Waals surface area contributed by atoms with Crippen LogP contribution in [-0.4, -0.2) is 16.3 Å². The third-order valence-electron chi connectivity index (χ3n) is 4.81. The van der Waals surface area contributed by atoms with Gasteiger partial charge in [-0.05, 0) is 49.5 Å². The Labute approximate surface area is 127 Å². The second-order valence-electron chi connectivity index (χ2n) is 6.03. The summed E-state index contributed by atoms with van der Waals surface area (Å²) in [6.07, 6.45) is 1.85. The predicted octanol–water partition coefficient (Wildman–Crippen LogP) is 4.01. The smallest absolute Gasteiger partial charge is 0.110 e. The van der Waals surface area contributed by atoms with Crippen molar-refractivity contribution in [1.82, 2.24) is 0 Å². The molecule has 1 aliphatic rings. The molecule has 4 aromatic carbocycles. The number of aliphatic hydroxyl groups excluding tert-OH is 2. The summed E-state index contributed by atoms with van der Waals surface area (Å²) in [7, 11) is 0. The number of fused-ring (bicyclic) bond motifs is 2. The summed E-state index contributed by atoms with van der Waals surface area (Å²) < 4.78 is 0. The van der Waals surface area contributed by atoms with Gasteiger partial charge < -0.3 is 10.2 Å². The molecular formula is C20H14O2. The van der Waals surface area contributed by atoms with Gasteiger partial charge in [0, 0.05) is 0 Å². The third kappa shape index (κ3) is 1.41. The van der Waals surface area contributed by atoms with Crippen molar-refractivity contribution >= 4 is 38.4 Å². The van der Waals surface area contributed by atoms with Gasteiger partial charge >= 0.3 is 0 Å². The van der Waals surface area contributed by atoms with E-state index in [1.807, 2.05) is 6.08 Å². The van der Waals surface area contributed by atoms with Gasteiger partial charge in [-0.3, -0.25) is 0 Å². The van der Waals surface area contributed by atoms with Gasteiger partial charge in [0.15, 0.2) is 0 Å². The van der Waals surface area contributed by atoms with Crippen LogP contribution >= 0.6 is 0 Å². The van der Waals surface area contributed by atoms with E-state index >= 15 is 0 Å². The first kappa shape index (κ1) is 12.2. The van der Waals surface area contributed by atoms with Crippen molar-refractivity contribution in [2.24, 2.45) is 0 Å². The van der Waals surface area contributed by atoms with Crippen molar-refractivity contribution in [1.29, 1.82) is 0 Å². The fraction of sp³-hybridized carbons (Fsp3) is 0.100. The Hall–Kier alpha value is -2.42. The molecule has 1 aliphatic carbocycles. The lowest BCUT2D eigenvalue weighted by Crippen LogP contribution is -2.19. The Bertz CT molecular complexity index is 1050. The van der Waals surface area contributed by atoms with Crippen LogP contribution in [0.5, 0.6) is 0 Å². The lowest BCUT2D eigenvalue weighted by Gasteiger charge is -2.25. The van der Waals surface area contributed by atoms with Crippen molar-refractivity contribution in [2.45, 2.75) is 12.2 Å². The zero-order chi connectivity index (χ0) is 14.8. The summed E-state index contributed by atoms with van der Waals surface area (Å²) in [5.74, 6) is 0. The molecule has 2 nitrogen and oxygen atoms in total. The molecular weight excluding hydrogens is 272 g/mol. The minimum atomic E-state index is -0.871. The highest BCUT2D eigenvalue weighted by Crippen LogP contribution is 2.41. The minimum Gasteiger partial charge on any atom is -0.386 e. The highest BCUT2D eigenvalue weighted by atomic mass is 16.3. The van der Waals surface area contributed by atoms with Crippen LogP contribution in [0.15, 0.2) is 54.6 Å². The van der Waals surface area contributed by atoms with Crippen LogP contribution in [0, 0.1) is 0 Å². The minimum absolute atomic E-state index is 0.834. The molecule has 2 atom stereocenters. The van der Waals surface area contributed by atoms with E-state index in [4.69, 9.17) is 0 Å². The summed E-state index contributed by atoms with van der Waals surface area (Å²) in [5, 5.41) is 27.5. The second kappa shape index (κ2) is 4.07. The molecule has 22 heavy (non-hydrogen) atoms. The van der Waals surface area contributed by atoms with Crippen molar-refractivity contribution < 1.29 is 10.2 Å². The first-order chi connectivity index (χ1) is 10.7. The maximum atomic E-state index is 10.5. The van der Waals surface area contributed by atoms with Crippen LogP contribution in [0.2, 0.25) is 0 Å². The monoisotopic (exact) mass is 286 g/mol. The highest BCUT2D eigenvalue weighted by Gasteiger charge is 2.25. The third-order valence-corrected chi connectivity index (χ3v) is 4.81. The maximum Gasteiger partial charge on any atom is 0.110 e. The van der Waals surface area contributed by atoms with Gasteiger partial charge in [0.05, 0.1) is 0 Å². The molecule has 5 rings (SSSR count). The van der Waals surface area contributed by atoms with E-state index in [2.05, 4.69) is 48.5 Å². The Balaban J connectivity index is 2.07. The number of benzene rings is 4. The molecule has 106 valence electrons. The van der Waals surface area contributed by atoms with E-state index in [0.717, 1.165) is 16.5 Å². The van der Waals surface area contributed by atoms with Crippen LogP contribution in [-0.2, 0) is 0 Å². The molecule has 0 heterocycles. The maximum absolute atomic E-state index is 10.5. The van der Waals surface area contributed by atoms with Gasteiger partial charge in [0.25, 0.3) is 0 Å². The average molecular weight is 286 g/mol. The van der Waals surface area contributed by atoms with E-state index in [1.165, 1.54) is 26.9 Å². The Kier molecular flexibility index (Phi) is 2.25. The molecule has 0 bridgehead atoms. The molecule has 0 aromatic heterocycles. The van der Waals surface area contributed by atoms with Gasteiger partial charge in [0.1, 0.15) is 12.2 Å². The van der Waals surface area contributed by atoms with Gasteiger partial charge in [-0.2, -0.15) is 0 Å². The topological polar surface area (TPSA) is 40.5 Å². The Morgan fingerprint density at radius 3 is 2.32 bits per heavy atom. The Morgan fingerprint density at radius 2 is 1.50 bits per heavy atom. The second-order valence-corrected chi connectivity index (χ2v) is 6.03. The molecule has 2 N–H and O–H groups in total. The van der Waals surface area contributed by atoms with E-state index in [-0.39, 0.29) is 0 Å². The van der Waals surface area contributed by atoms with E-state index in [0.29, 0.717) is 0 Å². The standard InChI is InChI=1S/C20H14O2/c21-16-9-7-14-10-13-5-4-11-2-1-3-12-6-8-15(18(13)17(11)12)19(14)20(16)22/h1-10,16,20-22H. The van der Waals surface area contributed by atoms with E-state index in [1.54, 1.807) is 6.08 Å². The van der Waals surface area contributed by atoms with Gasteiger partial charge in [-0.1, -0.05) is 54.6 Å². The SMILES string of the molecule is OC1C=Cc2cc3ccc4cccc5ccc(c2C1O)c3c45. The summed E-state index contributed by atoms with van der Waals surface area (Å²) in [4.78, 5) is 0. The van der Waals surface area contributed by atoms with Crippen LogP contribution in [0.1, 0.15) is 17.2 Å². The lowest BCUT2D eigenvalue weighted by atomic mass is 9.84. The molecule has 0 radical (unpaired) electrons. The van der Waals surface area contributed by atoms with Crippen LogP contribution in [0.3, 0.4) is 0 Å². The van der Waals surface area contributed by atoms with E-state index < -0.39 is 12.2 Å².